The minimum absolute atomic E-state index is 0.0155. The molecule has 0 aliphatic carbocycles. The molecule has 7 heteroatoms. The predicted molar refractivity (Wildman–Crippen MR) is 116 cm³/mol. The van der Waals surface area contributed by atoms with E-state index in [0.29, 0.717) is 24.2 Å². The normalized spacial score (nSPS) is 17.3. The predicted octanol–water partition coefficient (Wildman–Crippen LogP) is 2.48. The zero-order valence-electron chi connectivity index (χ0n) is 17.5. The van der Waals surface area contributed by atoms with Crippen molar-refractivity contribution in [2.75, 3.05) is 62.7 Å². The van der Waals surface area contributed by atoms with Gasteiger partial charge in [0, 0.05) is 50.5 Å². The fourth-order valence-corrected chi connectivity index (χ4v) is 3.90. The molecular formula is C22H34N4O3. The molecule has 2 aliphatic heterocycles. The van der Waals surface area contributed by atoms with Crippen LogP contribution in [0.25, 0.3) is 0 Å². The van der Waals surface area contributed by atoms with E-state index in [-0.39, 0.29) is 11.8 Å². The first-order valence-electron chi connectivity index (χ1n) is 10.9. The summed E-state index contributed by atoms with van der Waals surface area (Å²) >= 11 is 0. The van der Waals surface area contributed by atoms with Gasteiger partial charge in [-0.05, 0) is 50.4 Å². The molecule has 1 aromatic rings. The van der Waals surface area contributed by atoms with Gasteiger partial charge in [0.05, 0.1) is 18.8 Å². The van der Waals surface area contributed by atoms with Gasteiger partial charge in [-0.1, -0.05) is 6.92 Å². The van der Waals surface area contributed by atoms with E-state index < -0.39 is 0 Å². The summed E-state index contributed by atoms with van der Waals surface area (Å²) in [5.74, 6) is -0.0845. The highest BCUT2D eigenvalue weighted by atomic mass is 16.5. The highest BCUT2D eigenvalue weighted by Crippen LogP contribution is 2.27. The summed E-state index contributed by atoms with van der Waals surface area (Å²) in [5, 5.41) is 5.98. The number of nitrogens with one attached hydrogen (secondary N) is 2. The van der Waals surface area contributed by atoms with Crippen LogP contribution in [0.15, 0.2) is 18.2 Å². The molecule has 2 aliphatic rings. The number of amides is 2. The van der Waals surface area contributed by atoms with Crippen molar-refractivity contribution in [3.05, 3.63) is 23.8 Å². The van der Waals surface area contributed by atoms with E-state index in [1.165, 1.54) is 0 Å². The largest absolute Gasteiger partial charge is 0.379 e. The Bertz CT molecular complexity index is 683. The Hall–Kier alpha value is -2.12. The quantitative estimate of drug-likeness (QED) is 0.621. The summed E-state index contributed by atoms with van der Waals surface area (Å²) in [6, 6.07) is 5.68. The molecule has 7 nitrogen and oxygen atoms in total. The number of hydrogen-bond acceptors (Lipinski definition) is 5. The molecule has 29 heavy (non-hydrogen) atoms. The highest BCUT2D eigenvalue weighted by molar-refractivity contribution is 6.02. The summed E-state index contributed by atoms with van der Waals surface area (Å²) in [6.07, 6.45) is 4.49. The van der Waals surface area contributed by atoms with Crippen LogP contribution in [0.4, 0.5) is 11.4 Å². The third-order valence-electron chi connectivity index (χ3n) is 5.49. The van der Waals surface area contributed by atoms with Gasteiger partial charge in [-0.15, -0.1) is 0 Å². The van der Waals surface area contributed by atoms with Gasteiger partial charge in [0.15, 0.2) is 0 Å². The number of rotatable bonds is 9. The van der Waals surface area contributed by atoms with E-state index in [4.69, 9.17) is 4.74 Å². The van der Waals surface area contributed by atoms with E-state index in [1.807, 2.05) is 25.1 Å². The van der Waals surface area contributed by atoms with Crippen LogP contribution in [-0.2, 0) is 9.53 Å². The lowest BCUT2D eigenvalue weighted by Gasteiger charge is -2.26. The lowest BCUT2D eigenvalue weighted by atomic mass is 10.1. The zero-order valence-corrected chi connectivity index (χ0v) is 17.5. The van der Waals surface area contributed by atoms with Crippen molar-refractivity contribution in [2.24, 2.45) is 0 Å². The topological polar surface area (TPSA) is 73.9 Å². The molecule has 2 saturated heterocycles. The van der Waals surface area contributed by atoms with Gasteiger partial charge in [-0.25, -0.2) is 0 Å². The first-order chi connectivity index (χ1) is 14.2. The Morgan fingerprint density at radius 1 is 1.10 bits per heavy atom. The maximum absolute atomic E-state index is 13.0. The third kappa shape index (κ3) is 6.44. The first-order valence-corrected chi connectivity index (χ1v) is 10.9. The maximum Gasteiger partial charge on any atom is 0.253 e. The Kier molecular flexibility index (Phi) is 8.31. The molecule has 2 N–H and O–H groups in total. The second-order valence-electron chi connectivity index (χ2n) is 7.79. The Labute approximate surface area is 173 Å². The molecule has 2 fully saturated rings. The van der Waals surface area contributed by atoms with Crippen molar-refractivity contribution in [1.82, 2.24) is 10.2 Å². The number of carbonyl (C=O) groups is 2. The number of benzene rings is 1. The van der Waals surface area contributed by atoms with E-state index in [0.717, 1.165) is 77.3 Å². The molecule has 0 radical (unpaired) electrons. The van der Waals surface area contributed by atoms with Crippen molar-refractivity contribution in [3.63, 3.8) is 0 Å². The van der Waals surface area contributed by atoms with Crippen molar-refractivity contribution < 1.29 is 14.3 Å². The van der Waals surface area contributed by atoms with Gasteiger partial charge >= 0.3 is 0 Å². The average Bonchev–Trinajstić information content (AvgIpc) is 3.26. The molecule has 0 aromatic heterocycles. The lowest BCUT2D eigenvalue weighted by Crippen LogP contribution is -2.38. The molecule has 0 bridgehead atoms. The number of ether oxygens (including phenoxy) is 1. The Morgan fingerprint density at radius 3 is 2.59 bits per heavy atom. The SMILES string of the molecule is CCCC(=O)Nc1ccc(N2CCCC2)c(C(=O)NCCCN2CCOCC2)c1. The van der Waals surface area contributed by atoms with Crippen LogP contribution >= 0.6 is 0 Å². The smallest absolute Gasteiger partial charge is 0.253 e. The first kappa shape index (κ1) is 21.6. The molecule has 3 rings (SSSR count). The fraction of sp³-hybridized carbons (Fsp3) is 0.636. The van der Waals surface area contributed by atoms with Gasteiger partial charge in [-0.2, -0.15) is 0 Å². The molecule has 0 atom stereocenters. The fourth-order valence-electron chi connectivity index (χ4n) is 3.90. The summed E-state index contributed by atoms with van der Waals surface area (Å²) in [7, 11) is 0. The monoisotopic (exact) mass is 402 g/mol. The van der Waals surface area contributed by atoms with Gasteiger partial charge < -0.3 is 20.3 Å². The van der Waals surface area contributed by atoms with E-state index in [2.05, 4.69) is 20.4 Å². The summed E-state index contributed by atoms with van der Waals surface area (Å²) < 4.78 is 5.37. The number of anilines is 2. The number of hydrogen-bond donors (Lipinski definition) is 2. The number of morpholine rings is 1. The maximum atomic E-state index is 13.0. The standard InChI is InChI=1S/C22H34N4O3/c1-2-6-21(27)24-18-7-8-20(26-11-3-4-12-26)19(17-18)22(28)23-9-5-10-25-13-15-29-16-14-25/h7-8,17H,2-6,9-16H2,1H3,(H,23,28)(H,24,27). The van der Waals surface area contributed by atoms with Crippen molar-refractivity contribution in [3.8, 4) is 0 Å². The average molecular weight is 403 g/mol. The van der Waals surface area contributed by atoms with Crippen LogP contribution in [-0.4, -0.2) is 69.2 Å². The third-order valence-corrected chi connectivity index (χ3v) is 5.49. The van der Waals surface area contributed by atoms with Crippen LogP contribution in [0, 0.1) is 0 Å². The minimum Gasteiger partial charge on any atom is -0.379 e. The van der Waals surface area contributed by atoms with Crippen LogP contribution < -0.4 is 15.5 Å². The van der Waals surface area contributed by atoms with Crippen LogP contribution in [0.3, 0.4) is 0 Å². The van der Waals surface area contributed by atoms with Gasteiger partial charge in [-0.3, -0.25) is 14.5 Å². The van der Waals surface area contributed by atoms with Crippen LogP contribution in [0.1, 0.15) is 49.4 Å². The Morgan fingerprint density at radius 2 is 1.86 bits per heavy atom. The molecule has 0 saturated carbocycles. The minimum atomic E-state index is -0.0690. The van der Waals surface area contributed by atoms with E-state index in [1.54, 1.807) is 0 Å². The second kappa shape index (κ2) is 11.2. The van der Waals surface area contributed by atoms with Crippen molar-refractivity contribution in [1.29, 1.82) is 0 Å². The molecule has 0 unspecified atom stereocenters. The van der Waals surface area contributed by atoms with Crippen LogP contribution in [0.2, 0.25) is 0 Å². The van der Waals surface area contributed by atoms with E-state index >= 15 is 0 Å². The molecule has 0 spiro atoms. The summed E-state index contributed by atoms with van der Waals surface area (Å²) in [6.45, 7) is 9.05. The summed E-state index contributed by atoms with van der Waals surface area (Å²) in [5.41, 5.74) is 2.29. The van der Waals surface area contributed by atoms with Gasteiger partial charge in [0.25, 0.3) is 5.91 Å². The van der Waals surface area contributed by atoms with E-state index in [9.17, 15) is 9.59 Å². The molecule has 160 valence electrons. The van der Waals surface area contributed by atoms with Gasteiger partial charge in [0.2, 0.25) is 5.91 Å². The second-order valence-corrected chi connectivity index (χ2v) is 7.79. The van der Waals surface area contributed by atoms with Crippen LogP contribution in [0.5, 0.6) is 0 Å². The van der Waals surface area contributed by atoms with Crippen molar-refractivity contribution in [2.45, 2.75) is 39.0 Å². The van der Waals surface area contributed by atoms with Gasteiger partial charge in [0.1, 0.15) is 0 Å². The number of nitrogens with zero attached hydrogens (tertiary/aromatic N) is 2. The lowest BCUT2D eigenvalue weighted by molar-refractivity contribution is -0.116. The zero-order chi connectivity index (χ0) is 20.5. The molecule has 2 heterocycles. The molecular weight excluding hydrogens is 368 g/mol. The molecule has 1 aromatic carbocycles. The summed E-state index contributed by atoms with van der Waals surface area (Å²) in [4.78, 5) is 29.5. The van der Waals surface area contributed by atoms with Crippen molar-refractivity contribution >= 4 is 23.2 Å². The molecule has 2 amide bonds. The highest BCUT2D eigenvalue weighted by Gasteiger charge is 2.20. The number of carbonyl (C=O) groups excluding carboxylic acids is 2. The Balaban J connectivity index is 1.61.